The zero-order chi connectivity index (χ0) is 14.2. The zero-order valence-electron chi connectivity index (χ0n) is 11.6. The molecule has 0 amide bonds. The summed E-state index contributed by atoms with van der Waals surface area (Å²) < 4.78 is 1.78. The molecule has 1 atom stereocenters. The maximum absolute atomic E-state index is 6.15. The molecule has 1 fully saturated rings. The van der Waals surface area contributed by atoms with Crippen LogP contribution >= 0.6 is 38.9 Å². The minimum absolute atomic E-state index is 0.184. The second kappa shape index (κ2) is 6.00. The Balaban J connectivity index is 2.18. The van der Waals surface area contributed by atoms with Crippen LogP contribution in [0, 0.1) is 0 Å². The highest BCUT2D eigenvalue weighted by molar-refractivity contribution is 9.10. The Labute approximate surface area is 132 Å². The summed E-state index contributed by atoms with van der Waals surface area (Å²) in [6.45, 7) is 8.34. The smallest absolute Gasteiger partial charge is 0.107 e. The molecule has 0 saturated carbocycles. The van der Waals surface area contributed by atoms with Gasteiger partial charge >= 0.3 is 0 Å². The van der Waals surface area contributed by atoms with Crippen LogP contribution in [-0.2, 0) is 0 Å². The van der Waals surface area contributed by atoms with E-state index in [-0.39, 0.29) is 11.6 Å². The topological polar surface area (TPSA) is 32.5 Å². The molecular weight excluding hydrogens is 346 g/mol. The lowest BCUT2D eigenvalue weighted by Gasteiger charge is -2.47. The fourth-order valence-corrected chi connectivity index (χ4v) is 4.40. The quantitative estimate of drug-likeness (QED) is 0.891. The molecule has 0 aromatic carbocycles. The molecule has 2 N–H and O–H groups in total. The summed E-state index contributed by atoms with van der Waals surface area (Å²) in [6, 6.07) is 2.37. The first kappa shape index (κ1) is 15.7. The van der Waals surface area contributed by atoms with Crippen molar-refractivity contribution in [1.29, 1.82) is 0 Å². The molecule has 1 saturated heterocycles. The molecule has 0 spiro atoms. The van der Waals surface area contributed by atoms with Gasteiger partial charge in [0.25, 0.3) is 0 Å². The van der Waals surface area contributed by atoms with Gasteiger partial charge in [0.15, 0.2) is 0 Å². The average molecular weight is 367 g/mol. The summed E-state index contributed by atoms with van der Waals surface area (Å²) in [7, 11) is 2.19. The lowest BCUT2D eigenvalue weighted by molar-refractivity contribution is 0.0188. The van der Waals surface area contributed by atoms with Crippen LogP contribution in [0.1, 0.15) is 24.8 Å². The molecule has 1 aromatic rings. The normalized spacial score (nSPS) is 22.6. The van der Waals surface area contributed by atoms with Crippen molar-refractivity contribution in [2.75, 3.05) is 33.2 Å². The van der Waals surface area contributed by atoms with E-state index < -0.39 is 0 Å². The average Bonchev–Trinajstić information content (AvgIpc) is 2.64. The summed E-state index contributed by atoms with van der Waals surface area (Å²) in [5.41, 5.74) is 6.20. The van der Waals surface area contributed by atoms with E-state index in [1.807, 2.05) is 0 Å². The first-order chi connectivity index (χ1) is 8.85. The van der Waals surface area contributed by atoms with E-state index in [1.54, 1.807) is 11.3 Å². The van der Waals surface area contributed by atoms with Crippen LogP contribution < -0.4 is 5.73 Å². The van der Waals surface area contributed by atoms with Crippen molar-refractivity contribution in [3.8, 4) is 0 Å². The van der Waals surface area contributed by atoms with Gasteiger partial charge in [0.05, 0.1) is 6.04 Å². The molecule has 1 aliphatic rings. The molecule has 2 heterocycles. The number of thiophene rings is 1. The molecule has 3 nitrogen and oxygen atoms in total. The third kappa shape index (κ3) is 3.34. The van der Waals surface area contributed by atoms with Crippen molar-refractivity contribution in [3.63, 3.8) is 0 Å². The van der Waals surface area contributed by atoms with Crippen LogP contribution in [0.4, 0.5) is 0 Å². The largest absolute Gasteiger partial charge is 0.329 e. The Kier molecular flexibility index (Phi) is 4.97. The summed E-state index contributed by atoms with van der Waals surface area (Å²) in [4.78, 5) is 6.14. The molecule has 0 aliphatic carbocycles. The van der Waals surface area contributed by atoms with Crippen molar-refractivity contribution < 1.29 is 0 Å². The lowest BCUT2D eigenvalue weighted by atomic mass is 9.98. The molecule has 6 heteroatoms. The second-order valence-corrected chi connectivity index (χ2v) is 8.27. The molecule has 1 aliphatic heterocycles. The van der Waals surface area contributed by atoms with Crippen molar-refractivity contribution in [2.45, 2.75) is 25.4 Å². The van der Waals surface area contributed by atoms with Gasteiger partial charge in [-0.2, -0.15) is 0 Å². The Morgan fingerprint density at radius 1 is 1.53 bits per heavy atom. The van der Waals surface area contributed by atoms with Crippen LogP contribution in [0.25, 0.3) is 0 Å². The van der Waals surface area contributed by atoms with Gasteiger partial charge in [0.1, 0.15) is 4.34 Å². The number of hydrogen-bond donors (Lipinski definition) is 1. The molecule has 0 radical (unpaired) electrons. The van der Waals surface area contributed by atoms with Crippen molar-refractivity contribution >= 4 is 38.9 Å². The molecule has 2 rings (SSSR count). The number of halogens is 2. The lowest BCUT2D eigenvalue weighted by Crippen LogP contribution is -2.58. The van der Waals surface area contributed by atoms with Gasteiger partial charge in [0, 0.05) is 41.1 Å². The second-order valence-electron chi connectivity index (χ2n) is 5.73. The predicted octanol–water partition coefficient (Wildman–Crippen LogP) is 3.19. The maximum Gasteiger partial charge on any atom is 0.107 e. The van der Waals surface area contributed by atoms with Crippen LogP contribution in [0.5, 0.6) is 0 Å². The SMILES string of the molecule is CN1CCN(C(CN)c2cc(Br)c(Cl)s2)CC1(C)C. The van der Waals surface area contributed by atoms with Crippen LogP contribution in [-0.4, -0.2) is 48.6 Å². The predicted molar refractivity (Wildman–Crippen MR) is 87.1 cm³/mol. The van der Waals surface area contributed by atoms with Gasteiger partial charge in [-0.05, 0) is 42.9 Å². The van der Waals surface area contributed by atoms with Gasteiger partial charge < -0.3 is 5.73 Å². The standard InChI is InChI=1S/C13H21BrClN3S/c1-13(2)8-18(5-4-17(13)3)10(7-16)11-6-9(14)12(15)19-11/h6,10H,4-5,7-8,16H2,1-3H3. The van der Waals surface area contributed by atoms with E-state index in [4.69, 9.17) is 17.3 Å². The summed E-state index contributed by atoms with van der Waals surface area (Å²) in [5, 5.41) is 0. The van der Waals surface area contributed by atoms with Crippen LogP contribution in [0.15, 0.2) is 10.5 Å². The van der Waals surface area contributed by atoms with Crippen molar-refractivity contribution in [1.82, 2.24) is 9.80 Å². The van der Waals surface area contributed by atoms with Gasteiger partial charge in [-0.25, -0.2) is 0 Å². The minimum Gasteiger partial charge on any atom is -0.329 e. The molecule has 1 unspecified atom stereocenters. The van der Waals surface area contributed by atoms with E-state index in [9.17, 15) is 0 Å². The van der Waals surface area contributed by atoms with Crippen LogP contribution in [0.2, 0.25) is 4.34 Å². The highest BCUT2D eigenvalue weighted by Gasteiger charge is 2.34. The van der Waals surface area contributed by atoms with Crippen LogP contribution in [0.3, 0.4) is 0 Å². The third-order valence-electron chi connectivity index (χ3n) is 4.00. The Bertz CT molecular complexity index is 430. The Morgan fingerprint density at radius 3 is 2.68 bits per heavy atom. The van der Waals surface area contributed by atoms with Gasteiger partial charge in [0.2, 0.25) is 0 Å². The molecule has 19 heavy (non-hydrogen) atoms. The fourth-order valence-electron chi connectivity index (χ4n) is 2.52. The van der Waals surface area contributed by atoms with E-state index in [0.29, 0.717) is 6.54 Å². The van der Waals surface area contributed by atoms with E-state index in [0.717, 1.165) is 28.4 Å². The Morgan fingerprint density at radius 2 is 2.21 bits per heavy atom. The summed E-state index contributed by atoms with van der Waals surface area (Å²) in [6.07, 6.45) is 0. The number of hydrogen-bond acceptors (Lipinski definition) is 4. The minimum atomic E-state index is 0.184. The highest BCUT2D eigenvalue weighted by atomic mass is 79.9. The summed E-state index contributed by atoms with van der Waals surface area (Å²) >= 11 is 11.3. The number of rotatable bonds is 3. The number of nitrogens with two attached hydrogens (primary N) is 1. The van der Waals surface area contributed by atoms with Gasteiger partial charge in [-0.3, -0.25) is 9.80 Å². The third-order valence-corrected chi connectivity index (χ3v) is 6.58. The van der Waals surface area contributed by atoms with Crippen molar-refractivity contribution in [2.24, 2.45) is 5.73 Å². The highest BCUT2D eigenvalue weighted by Crippen LogP contribution is 2.38. The fraction of sp³-hybridized carbons (Fsp3) is 0.692. The number of nitrogens with zero attached hydrogens (tertiary/aromatic N) is 2. The number of likely N-dealkylation sites (N-methyl/N-ethyl adjacent to an activating group) is 1. The molecule has 1 aromatic heterocycles. The van der Waals surface area contributed by atoms with E-state index in [2.05, 4.69) is 52.7 Å². The first-order valence-electron chi connectivity index (χ1n) is 6.45. The van der Waals surface area contributed by atoms with E-state index >= 15 is 0 Å². The van der Waals surface area contributed by atoms with E-state index in [1.165, 1.54) is 4.88 Å². The first-order valence-corrected chi connectivity index (χ1v) is 8.44. The monoisotopic (exact) mass is 365 g/mol. The molecule has 108 valence electrons. The zero-order valence-corrected chi connectivity index (χ0v) is 14.8. The molecular formula is C13H21BrClN3S. The number of piperazine rings is 1. The van der Waals surface area contributed by atoms with Gasteiger partial charge in [-0.1, -0.05) is 11.6 Å². The maximum atomic E-state index is 6.15. The molecule has 0 bridgehead atoms. The summed E-state index contributed by atoms with van der Waals surface area (Å²) in [5.74, 6) is 0. The Hall–Kier alpha value is 0.350. The van der Waals surface area contributed by atoms with Gasteiger partial charge in [-0.15, -0.1) is 11.3 Å². The van der Waals surface area contributed by atoms with Crippen molar-refractivity contribution in [3.05, 3.63) is 19.8 Å².